The number of amides is 1. The number of fused-ring (bicyclic) bond motifs is 1. The zero-order valence-corrected chi connectivity index (χ0v) is 18.4. The molecule has 2 heterocycles. The van der Waals surface area contributed by atoms with Crippen LogP contribution in [0.15, 0.2) is 91.5 Å². The van der Waals surface area contributed by atoms with Gasteiger partial charge in [0.2, 0.25) is 0 Å². The maximum atomic E-state index is 12.7. The van der Waals surface area contributed by atoms with Crippen molar-refractivity contribution in [1.29, 1.82) is 0 Å². The maximum absolute atomic E-state index is 12.7. The number of phenolic OH excluding ortho intramolecular Hbond substituents is 1. The minimum Gasteiger partial charge on any atom is -0.508 e. The molecule has 0 saturated heterocycles. The molecule has 2 N–H and O–H groups in total. The number of hydrogen-bond acceptors (Lipinski definition) is 5. The first-order valence-corrected chi connectivity index (χ1v) is 11.1. The van der Waals surface area contributed by atoms with E-state index in [1.54, 1.807) is 36.8 Å². The van der Waals surface area contributed by atoms with Gasteiger partial charge in [0.05, 0.1) is 28.7 Å². The van der Waals surface area contributed by atoms with E-state index in [0.29, 0.717) is 28.8 Å². The number of imidazole rings is 1. The van der Waals surface area contributed by atoms with Crippen LogP contribution in [0.3, 0.4) is 0 Å². The molecule has 0 atom stereocenters. The fourth-order valence-corrected chi connectivity index (χ4v) is 3.80. The second-order valence-electron chi connectivity index (χ2n) is 7.95. The average Bonchev–Trinajstić information content (AvgIpc) is 3.40. The Morgan fingerprint density at radius 3 is 2.35 bits per heavy atom. The molecule has 0 aliphatic carbocycles. The standard InChI is InChI=1S/C27H23N5O2/c33-22-10-7-20(8-11-22)26-25(19-5-2-1-3-6-19)30-23-12-9-21(17-24(23)31-26)27(34)29-13-4-15-32-16-14-28-18-32/h1-3,5-12,14,16-18,33H,4,13,15H2,(H,29,34). The van der Waals surface area contributed by atoms with Crippen molar-refractivity contribution in [3.05, 3.63) is 97.1 Å². The monoisotopic (exact) mass is 449 g/mol. The largest absolute Gasteiger partial charge is 0.508 e. The fraction of sp³-hybridized carbons (Fsp3) is 0.111. The number of hydrogen-bond donors (Lipinski definition) is 2. The maximum Gasteiger partial charge on any atom is 0.251 e. The summed E-state index contributed by atoms with van der Waals surface area (Å²) < 4.78 is 1.98. The molecule has 0 aliphatic heterocycles. The zero-order chi connectivity index (χ0) is 23.3. The van der Waals surface area contributed by atoms with Crippen molar-refractivity contribution in [1.82, 2.24) is 24.8 Å². The van der Waals surface area contributed by atoms with Crippen LogP contribution in [0, 0.1) is 0 Å². The van der Waals surface area contributed by atoms with E-state index in [1.165, 1.54) is 0 Å². The van der Waals surface area contributed by atoms with Crippen LogP contribution in [-0.4, -0.2) is 37.1 Å². The first-order chi connectivity index (χ1) is 16.7. The minimum absolute atomic E-state index is 0.146. The van der Waals surface area contributed by atoms with Gasteiger partial charge in [-0.3, -0.25) is 4.79 Å². The number of rotatable bonds is 7. The third-order valence-electron chi connectivity index (χ3n) is 5.55. The summed E-state index contributed by atoms with van der Waals surface area (Å²) in [5.41, 5.74) is 5.09. The van der Waals surface area contributed by atoms with Gasteiger partial charge in [-0.25, -0.2) is 15.0 Å². The Labute approximate surface area is 196 Å². The van der Waals surface area contributed by atoms with E-state index < -0.39 is 0 Å². The number of aryl methyl sites for hydroxylation is 1. The molecule has 0 unspecified atom stereocenters. The average molecular weight is 450 g/mol. The van der Waals surface area contributed by atoms with Crippen LogP contribution in [0.1, 0.15) is 16.8 Å². The van der Waals surface area contributed by atoms with Crippen molar-refractivity contribution >= 4 is 16.9 Å². The van der Waals surface area contributed by atoms with Gasteiger partial charge in [-0.05, 0) is 48.9 Å². The summed E-state index contributed by atoms with van der Waals surface area (Å²) in [5.74, 6) is 0.0402. The van der Waals surface area contributed by atoms with Crippen LogP contribution in [0.4, 0.5) is 0 Å². The summed E-state index contributed by atoms with van der Waals surface area (Å²) in [5, 5.41) is 12.7. The first kappa shape index (κ1) is 21.3. The van der Waals surface area contributed by atoms with Gasteiger partial charge in [-0.15, -0.1) is 0 Å². The molecular weight excluding hydrogens is 426 g/mol. The Kier molecular flexibility index (Phi) is 5.99. The lowest BCUT2D eigenvalue weighted by Crippen LogP contribution is -2.25. The van der Waals surface area contributed by atoms with Gasteiger partial charge in [0, 0.05) is 42.2 Å². The molecule has 168 valence electrons. The third-order valence-corrected chi connectivity index (χ3v) is 5.55. The Morgan fingerprint density at radius 1 is 0.882 bits per heavy atom. The highest BCUT2D eigenvalue weighted by molar-refractivity contribution is 5.98. The Morgan fingerprint density at radius 2 is 1.62 bits per heavy atom. The molecule has 2 aromatic heterocycles. The lowest BCUT2D eigenvalue weighted by atomic mass is 10.0. The number of aromatic hydroxyl groups is 1. The molecule has 5 aromatic rings. The van der Waals surface area contributed by atoms with E-state index in [1.807, 2.05) is 59.3 Å². The lowest BCUT2D eigenvalue weighted by molar-refractivity contribution is 0.0953. The van der Waals surface area contributed by atoms with Crippen molar-refractivity contribution in [2.75, 3.05) is 6.54 Å². The summed E-state index contributed by atoms with van der Waals surface area (Å²) in [4.78, 5) is 26.5. The molecule has 0 fully saturated rings. The second-order valence-corrected chi connectivity index (χ2v) is 7.95. The summed E-state index contributed by atoms with van der Waals surface area (Å²) >= 11 is 0. The molecule has 0 spiro atoms. The molecule has 7 heteroatoms. The minimum atomic E-state index is -0.146. The number of benzene rings is 3. The molecule has 0 radical (unpaired) electrons. The molecule has 0 saturated carbocycles. The van der Waals surface area contributed by atoms with Crippen LogP contribution in [-0.2, 0) is 6.54 Å². The van der Waals surface area contributed by atoms with E-state index in [0.717, 1.165) is 29.8 Å². The van der Waals surface area contributed by atoms with Crippen LogP contribution in [0.2, 0.25) is 0 Å². The van der Waals surface area contributed by atoms with E-state index >= 15 is 0 Å². The molecule has 5 rings (SSSR count). The first-order valence-electron chi connectivity index (χ1n) is 11.1. The van der Waals surface area contributed by atoms with Gasteiger partial charge < -0.3 is 15.0 Å². The van der Waals surface area contributed by atoms with Gasteiger partial charge in [-0.1, -0.05) is 30.3 Å². The quantitative estimate of drug-likeness (QED) is 0.352. The number of carbonyl (C=O) groups is 1. The van der Waals surface area contributed by atoms with E-state index in [4.69, 9.17) is 9.97 Å². The van der Waals surface area contributed by atoms with Gasteiger partial charge >= 0.3 is 0 Å². The van der Waals surface area contributed by atoms with Crippen molar-refractivity contribution < 1.29 is 9.90 Å². The highest BCUT2D eigenvalue weighted by atomic mass is 16.3. The Bertz CT molecular complexity index is 1420. The van der Waals surface area contributed by atoms with Gasteiger partial charge in [0.1, 0.15) is 5.75 Å². The summed E-state index contributed by atoms with van der Waals surface area (Å²) in [7, 11) is 0. The Hall–Kier alpha value is -4.52. The predicted molar refractivity (Wildman–Crippen MR) is 131 cm³/mol. The van der Waals surface area contributed by atoms with Crippen LogP contribution < -0.4 is 5.32 Å². The Balaban J connectivity index is 1.44. The second kappa shape index (κ2) is 9.54. The van der Waals surface area contributed by atoms with Crippen molar-refractivity contribution in [3.8, 4) is 28.3 Å². The van der Waals surface area contributed by atoms with Crippen molar-refractivity contribution in [2.45, 2.75) is 13.0 Å². The molecular formula is C27H23N5O2. The predicted octanol–water partition coefficient (Wildman–Crippen LogP) is 4.69. The van der Waals surface area contributed by atoms with Gasteiger partial charge in [-0.2, -0.15) is 0 Å². The molecule has 1 amide bonds. The number of carbonyl (C=O) groups excluding carboxylic acids is 1. The lowest BCUT2D eigenvalue weighted by Gasteiger charge is -2.12. The summed E-state index contributed by atoms with van der Waals surface area (Å²) in [6, 6.07) is 22.1. The molecule has 0 bridgehead atoms. The fourth-order valence-electron chi connectivity index (χ4n) is 3.80. The number of phenols is 1. The van der Waals surface area contributed by atoms with E-state index in [-0.39, 0.29) is 11.7 Å². The topological polar surface area (TPSA) is 92.9 Å². The third kappa shape index (κ3) is 4.63. The van der Waals surface area contributed by atoms with E-state index in [2.05, 4.69) is 10.3 Å². The molecule has 0 aliphatic rings. The SMILES string of the molecule is O=C(NCCCn1ccnc1)c1ccc2nc(-c3ccccc3)c(-c3ccc(O)cc3)nc2c1. The van der Waals surface area contributed by atoms with Crippen LogP contribution in [0.25, 0.3) is 33.5 Å². The number of nitrogens with zero attached hydrogens (tertiary/aromatic N) is 4. The number of nitrogens with one attached hydrogen (secondary N) is 1. The van der Waals surface area contributed by atoms with Crippen molar-refractivity contribution in [2.24, 2.45) is 0 Å². The normalized spacial score (nSPS) is 10.9. The highest BCUT2D eigenvalue weighted by Crippen LogP contribution is 2.31. The summed E-state index contributed by atoms with van der Waals surface area (Å²) in [6.07, 6.45) is 6.21. The summed E-state index contributed by atoms with van der Waals surface area (Å²) in [6.45, 7) is 1.36. The smallest absolute Gasteiger partial charge is 0.251 e. The zero-order valence-electron chi connectivity index (χ0n) is 18.4. The molecule has 3 aromatic carbocycles. The van der Waals surface area contributed by atoms with Crippen LogP contribution in [0.5, 0.6) is 5.75 Å². The van der Waals surface area contributed by atoms with Crippen LogP contribution >= 0.6 is 0 Å². The highest BCUT2D eigenvalue weighted by Gasteiger charge is 2.15. The number of aromatic nitrogens is 4. The van der Waals surface area contributed by atoms with Gasteiger partial charge in [0.15, 0.2) is 0 Å². The molecule has 34 heavy (non-hydrogen) atoms. The van der Waals surface area contributed by atoms with E-state index in [9.17, 15) is 9.90 Å². The van der Waals surface area contributed by atoms with Gasteiger partial charge in [0.25, 0.3) is 5.91 Å². The molecule has 7 nitrogen and oxygen atoms in total. The van der Waals surface area contributed by atoms with Crippen molar-refractivity contribution in [3.63, 3.8) is 0 Å².